The lowest BCUT2D eigenvalue weighted by atomic mass is 10.2. The Morgan fingerprint density at radius 3 is 2.20 bits per heavy atom. The summed E-state index contributed by atoms with van der Waals surface area (Å²) in [6.45, 7) is 3.61. The van der Waals surface area contributed by atoms with Crippen LogP contribution in [0.25, 0.3) is 0 Å². The van der Waals surface area contributed by atoms with Gasteiger partial charge in [-0.2, -0.15) is 13.2 Å². The van der Waals surface area contributed by atoms with Crippen LogP contribution >= 0.6 is 0 Å². The van der Waals surface area contributed by atoms with E-state index in [-0.39, 0.29) is 6.61 Å². The molecule has 0 aliphatic rings. The fraction of sp³-hybridized carbons (Fsp3) is 0.500. The second-order valence-corrected chi connectivity index (χ2v) is 6.18. The molecule has 0 aromatic heterocycles. The maximum Gasteiger partial charge on any atom is 0.410 e. The van der Waals surface area contributed by atoms with E-state index < -0.39 is 36.6 Å². The SMILES string of the molecule is CC(C)(C)OC(=O)NC(CNC(=O)OCc1ccccc1)C(F)(F)F. The van der Waals surface area contributed by atoms with E-state index in [9.17, 15) is 22.8 Å². The van der Waals surface area contributed by atoms with Gasteiger partial charge < -0.3 is 20.1 Å². The maximum absolute atomic E-state index is 13.0. The number of halogens is 3. The zero-order chi connectivity index (χ0) is 19.1. The molecule has 140 valence electrons. The molecule has 1 unspecified atom stereocenters. The van der Waals surface area contributed by atoms with Gasteiger partial charge in [-0.25, -0.2) is 9.59 Å². The Kier molecular flexibility index (Phi) is 7.08. The minimum atomic E-state index is -4.76. The number of ether oxygens (including phenoxy) is 2. The van der Waals surface area contributed by atoms with Gasteiger partial charge in [0, 0.05) is 0 Å². The molecule has 0 fully saturated rings. The van der Waals surface area contributed by atoms with Gasteiger partial charge in [0.2, 0.25) is 0 Å². The van der Waals surface area contributed by atoms with Gasteiger partial charge >= 0.3 is 18.4 Å². The van der Waals surface area contributed by atoms with Crippen LogP contribution < -0.4 is 10.6 Å². The summed E-state index contributed by atoms with van der Waals surface area (Å²) in [6.07, 6.45) is -7.01. The van der Waals surface area contributed by atoms with Crippen molar-refractivity contribution < 1.29 is 32.2 Å². The zero-order valence-corrected chi connectivity index (χ0v) is 14.1. The lowest BCUT2D eigenvalue weighted by Crippen LogP contribution is -2.53. The van der Waals surface area contributed by atoms with Crippen molar-refractivity contribution >= 4 is 12.2 Å². The third kappa shape index (κ3) is 8.83. The first-order chi connectivity index (χ1) is 11.5. The van der Waals surface area contributed by atoms with Gasteiger partial charge in [0.05, 0.1) is 6.54 Å². The number of carbonyl (C=O) groups excluding carboxylic acids is 2. The van der Waals surface area contributed by atoms with E-state index in [4.69, 9.17) is 9.47 Å². The molecule has 0 radical (unpaired) electrons. The lowest BCUT2D eigenvalue weighted by molar-refractivity contribution is -0.153. The van der Waals surface area contributed by atoms with E-state index in [2.05, 4.69) is 0 Å². The van der Waals surface area contributed by atoms with Gasteiger partial charge in [-0.05, 0) is 26.3 Å². The lowest BCUT2D eigenvalue weighted by Gasteiger charge is -2.25. The van der Waals surface area contributed by atoms with E-state index in [1.807, 2.05) is 5.32 Å². The molecule has 1 atom stereocenters. The molecular formula is C16H21F3N2O4. The van der Waals surface area contributed by atoms with Crippen LogP contribution in [0.3, 0.4) is 0 Å². The summed E-state index contributed by atoms with van der Waals surface area (Å²) in [5.41, 5.74) is -0.251. The quantitative estimate of drug-likeness (QED) is 0.842. The van der Waals surface area contributed by atoms with Crippen molar-refractivity contribution in [2.45, 2.75) is 45.2 Å². The number of hydrogen-bond donors (Lipinski definition) is 2. The van der Waals surface area contributed by atoms with Crippen LogP contribution in [0.5, 0.6) is 0 Å². The number of benzene rings is 1. The van der Waals surface area contributed by atoms with Crippen molar-refractivity contribution in [3.05, 3.63) is 35.9 Å². The van der Waals surface area contributed by atoms with Crippen molar-refractivity contribution in [1.29, 1.82) is 0 Å². The molecule has 0 saturated heterocycles. The van der Waals surface area contributed by atoms with Crippen molar-refractivity contribution in [2.24, 2.45) is 0 Å². The summed E-state index contributed by atoms with van der Waals surface area (Å²) in [6, 6.07) is 6.36. The van der Waals surface area contributed by atoms with E-state index >= 15 is 0 Å². The Morgan fingerprint density at radius 2 is 1.68 bits per heavy atom. The first-order valence-corrected chi connectivity index (χ1v) is 7.48. The summed E-state index contributed by atoms with van der Waals surface area (Å²) in [7, 11) is 0. The van der Waals surface area contributed by atoms with Crippen LogP contribution in [-0.2, 0) is 16.1 Å². The molecule has 1 aromatic rings. The average molecular weight is 362 g/mol. The second-order valence-electron chi connectivity index (χ2n) is 6.18. The predicted octanol–water partition coefficient (Wildman–Crippen LogP) is 3.37. The Hall–Kier alpha value is -2.45. The summed E-state index contributed by atoms with van der Waals surface area (Å²) in [5, 5.41) is 3.66. The third-order valence-corrected chi connectivity index (χ3v) is 2.75. The summed E-state index contributed by atoms with van der Waals surface area (Å²) < 4.78 is 48.5. The average Bonchev–Trinajstić information content (AvgIpc) is 2.47. The van der Waals surface area contributed by atoms with Crippen LogP contribution in [0.15, 0.2) is 30.3 Å². The maximum atomic E-state index is 13.0. The number of alkyl halides is 3. The first kappa shape index (κ1) is 20.6. The molecule has 25 heavy (non-hydrogen) atoms. The smallest absolute Gasteiger partial charge is 0.410 e. The monoisotopic (exact) mass is 362 g/mol. The number of carbonyl (C=O) groups is 2. The molecule has 0 spiro atoms. The number of amides is 2. The molecule has 0 aliphatic heterocycles. The molecule has 0 heterocycles. The highest BCUT2D eigenvalue weighted by Gasteiger charge is 2.41. The normalized spacial score (nSPS) is 12.9. The highest BCUT2D eigenvalue weighted by atomic mass is 19.4. The molecule has 2 amide bonds. The van der Waals surface area contributed by atoms with Gasteiger partial charge in [0.15, 0.2) is 0 Å². The fourth-order valence-electron chi connectivity index (χ4n) is 1.66. The predicted molar refractivity (Wildman–Crippen MR) is 83.8 cm³/mol. The Labute approximate surface area is 143 Å². The number of hydrogen-bond acceptors (Lipinski definition) is 4. The Balaban J connectivity index is 2.50. The molecule has 1 rings (SSSR count). The van der Waals surface area contributed by atoms with E-state index in [1.165, 1.54) is 20.8 Å². The molecule has 2 N–H and O–H groups in total. The number of rotatable bonds is 5. The van der Waals surface area contributed by atoms with E-state index in [0.29, 0.717) is 5.56 Å². The highest BCUT2D eigenvalue weighted by Crippen LogP contribution is 2.20. The van der Waals surface area contributed by atoms with Gasteiger partial charge in [-0.3, -0.25) is 0 Å². The molecule has 1 aromatic carbocycles. The molecule has 9 heteroatoms. The third-order valence-electron chi connectivity index (χ3n) is 2.75. The molecule has 6 nitrogen and oxygen atoms in total. The minimum absolute atomic E-state index is 0.0805. The van der Waals surface area contributed by atoms with E-state index in [1.54, 1.807) is 35.6 Å². The van der Waals surface area contributed by atoms with Gasteiger partial charge in [-0.15, -0.1) is 0 Å². The van der Waals surface area contributed by atoms with Gasteiger partial charge in [0.1, 0.15) is 18.2 Å². The van der Waals surface area contributed by atoms with Crippen molar-refractivity contribution in [2.75, 3.05) is 6.54 Å². The Morgan fingerprint density at radius 1 is 1.08 bits per heavy atom. The van der Waals surface area contributed by atoms with Crippen LogP contribution in [0.2, 0.25) is 0 Å². The molecule has 0 saturated carbocycles. The number of alkyl carbamates (subject to hydrolysis) is 2. The second kappa shape index (κ2) is 8.59. The van der Waals surface area contributed by atoms with Crippen molar-refractivity contribution in [1.82, 2.24) is 10.6 Å². The zero-order valence-electron chi connectivity index (χ0n) is 14.1. The summed E-state index contributed by atoms with van der Waals surface area (Å²) >= 11 is 0. The van der Waals surface area contributed by atoms with E-state index in [0.717, 1.165) is 0 Å². The van der Waals surface area contributed by atoms with Crippen molar-refractivity contribution in [3.8, 4) is 0 Å². The molecule has 0 bridgehead atoms. The summed E-state index contributed by atoms with van der Waals surface area (Å²) in [5.74, 6) is 0. The fourth-order valence-corrected chi connectivity index (χ4v) is 1.66. The van der Waals surface area contributed by atoms with Gasteiger partial charge in [0.25, 0.3) is 0 Å². The number of nitrogens with one attached hydrogen (secondary N) is 2. The van der Waals surface area contributed by atoms with Crippen LogP contribution in [-0.4, -0.2) is 36.6 Å². The highest BCUT2D eigenvalue weighted by molar-refractivity contribution is 5.69. The topological polar surface area (TPSA) is 76.7 Å². The largest absolute Gasteiger partial charge is 0.445 e. The van der Waals surface area contributed by atoms with Crippen LogP contribution in [0, 0.1) is 0 Å². The minimum Gasteiger partial charge on any atom is -0.445 e. The Bertz CT molecular complexity index is 571. The molecule has 0 aliphatic carbocycles. The standard InChI is InChI=1S/C16H21F3N2O4/c1-15(2,3)25-14(23)21-12(16(17,18)19)9-20-13(22)24-10-11-7-5-4-6-8-11/h4-8,12H,9-10H2,1-3H3,(H,20,22)(H,21,23). The summed E-state index contributed by atoms with van der Waals surface area (Å²) in [4.78, 5) is 23.0. The van der Waals surface area contributed by atoms with Crippen LogP contribution in [0.1, 0.15) is 26.3 Å². The van der Waals surface area contributed by atoms with Gasteiger partial charge in [-0.1, -0.05) is 30.3 Å². The van der Waals surface area contributed by atoms with Crippen LogP contribution in [0.4, 0.5) is 22.8 Å². The first-order valence-electron chi connectivity index (χ1n) is 7.48. The molecular weight excluding hydrogens is 341 g/mol. The van der Waals surface area contributed by atoms with Crippen molar-refractivity contribution in [3.63, 3.8) is 0 Å².